The molecule has 1 rings (SSSR count). The third-order valence-corrected chi connectivity index (χ3v) is 25.6. The monoisotopic (exact) mass is 813 g/mol. The molecule has 0 aliphatic rings. The van der Waals surface area contributed by atoms with Gasteiger partial charge in [0.2, 0.25) is 0 Å². The van der Waals surface area contributed by atoms with Crippen molar-refractivity contribution in [3.63, 3.8) is 0 Å². The molecule has 1 aromatic carbocycles. The summed E-state index contributed by atoms with van der Waals surface area (Å²) in [4.78, 5) is 2.59. The minimum absolute atomic E-state index is 0.333. The van der Waals surface area contributed by atoms with E-state index in [0.717, 1.165) is 27.3 Å². The Morgan fingerprint density at radius 2 is 0.673 bits per heavy atom. The topological polar surface area (TPSA) is 43.4 Å². The zero-order valence-electron chi connectivity index (χ0n) is 33.5. The molecule has 3 nitrogen and oxygen atoms in total. The summed E-state index contributed by atoms with van der Waals surface area (Å²) in [5.74, 6) is 0. The molecule has 0 amide bonds. The van der Waals surface area contributed by atoms with E-state index in [1.54, 1.807) is 12.1 Å². The van der Waals surface area contributed by atoms with Gasteiger partial charge in [0.15, 0.2) is 0 Å². The van der Waals surface area contributed by atoms with Gasteiger partial charge in [-0.1, -0.05) is 78.1 Å². The number of aryl methyl sites for hydroxylation is 1. The number of hydrogen-bond donors (Lipinski definition) is 0. The van der Waals surface area contributed by atoms with Gasteiger partial charge in [0.25, 0.3) is 0 Å². The number of unbranched alkanes of at least 4 members (excludes halogenated alkanes) is 30. The molecule has 0 aromatic heterocycles. The van der Waals surface area contributed by atoms with Gasteiger partial charge in [-0.3, -0.25) is 0 Å². The first kappa shape index (κ1) is 46.9. The zero-order valence-corrected chi connectivity index (χ0v) is 37.2. The van der Waals surface area contributed by atoms with Crippen molar-refractivity contribution in [2.24, 2.45) is 0 Å². The van der Waals surface area contributed by atoms with E-state index in [9.17, 15) is 8.42 Å². The van der Waals surface area contributed by atoms with Crippen molar-refractivity contribution in [1.29, 1.82) is 0 Å². The predicted molar refractivity (Wildman–Crippen MR) is 220 cm³/mol. The van der Waals surface area contributed by atoms with Gasteiger partial charge >= 0.3 is 237 Å². The summed E-state index contributed by atoms with van der Waals surface area (Å²) in [6, 6.07) is 7.21. The second-order valence-corrected chi connectivity index (χ2v) is 30.0. The molecule has 0 unspecified atom stereocenters. The summed E-state index contributed by atoms with van der Waals surface area (Å²) in [6.45, 7) is 6.58. The second-order valence-electron chi connectivity index (χ2n) is 15.9. The molecule has 0 saturated heterocycles. The van der Waals surface area contributed by atoms with Crippen LogP contribution in [-0.4, -0.2) is 27.2 Å². The van der Waals surface area contributed by atoms with E-state index in [1.165, 1.54) is 193 Å². The van der Waals surface area contributed by atoms with Crippen LogP contribution in [0.3, 0.4) is 0 Å². The Bertz CT molecular complexity index is 909. The molecule has 288 valence electrons. The number of benzene rings is 1. The van der Waals surface area contributed by atoms with Gasteiger partial charge in [0.1, 0.15) is 0 Å². The summed E-state index contributed by atoms with van der Waals surface area (Å²) in [5.41, 5.74) is 1.08. The molecule has 0 fully saturated rings. The van der Waals surface area contributed by atoms with Crippen molar-refractivity contribution < 1.29 is 10.9 Å². The van der Waals surface area contributed by atoms with Crippen LogP contribution in [0.25, 0.3) is 0 Å². The van der Waals surface area contributed by atoms with E-state index in [2.05, 4.69) is 18.8 Å². The van der Waals surface area contributed by atoms with Gasteiger partial charge in [-0.25, -0.2) is 0 Å². The van der Waals surface area contributed by atoms with E-state index < -0.39 is 28.9 Å². The van der Waals surface area contributed by atoms with Crippen LogP contribution in [0.5, 0.6) is 0 Å². The molecule has 0 atom stereocenters. The van der Waals surface area contributed by atoms with Crippen LogP contribution < -0.4 is 0 Å². The van der Waals surface area contributed by atoms with Crippen LogP contribution in [0.1, 0.15) is 225 Å². The third-order valence-electron chi connectivity index (χ3n) is 10.7. The molecule has 1 aromatic rings. The first-order valence-corrected chi connectivity index (χ1v) is 31.3. The molecule has 0 saturated carbocycles. The van der Waals surface area contributed by atoms with Gasteiger partial charge in [-0.2, -0.15) is 0 Å². The van der Waals surface area contributed by atoms with Gasteiger partial charge in [-0.05, 0) is 0 Å². The molecule has 0 aliphatic heterocycles. The fourth-order valence-electron chi connectivity index (χ4n) is 7.32. The Balaban J connectivity index is 2.26. The molecule has 0 aliphatic carbocycles. The van der Waals surface area contributed by atoms with Crippen molar-refractivity contribution in [1.82, 2.24) is 0 Å². The Labute approximate surface area is 312 Å². The molecule has 0 spiro atoms. The Hall–Kier alpha value is -0.0713. The van der Waals surface area contributed by atoms with E-state index in [4.69, 9.17) is 2.52 Å². The Morgan fingerprint density at radius 1 is 0.429 bits per heavy atom. The normalized spacial score (nSPS) is 12.2. The number of rotatable bonds is 37. The third kappa shape index (κ3) is 28.2. The molecular weight excluding hydrogens is 727 g/mol. The van der Waals surface area contributed by atoms with Crippen LogP contribution in [0.2, 0.25) is 13.8 Å². The van der Waals surface area contributed by atoms with Crippen LogP contribution in [-0.2, 0) is 12.6 Å². The first-order valence-electron chi connectivity index (χ1n) is 21.9. The summed E-state index contributed by atoms with van der Waals surface area (Å²) >= 11 is -3.28. The van der Waals surface area contributed by atoms with Gasteiger partial charge in [-0.15, -0.1) is 0 Å². The number of hydrogen-bond acceptors (Lipinski definition) is 3. The van der Waals surface area contributed by atoms with Crippen LogP contribution in [0.4, 0.5) is 0 Å². The van der Waals surface area contributed by atoms with Crippen LogP contribution >= 0.6 is 0 Å². The standard InChI is InChI=1S/2C18H37.C7H8O3S.CH3.Sn/c2*1-3-5-7-9-11-13-15-17-18-16-14-12-10-8-6-4-2;1-6-2-4-7(5-3-6)11(8,9)10;;/h2*1,3-18H2,2H3;2-5H,1H3,(H,8,9,10);1H3;/q;;;;+1/p-1. The molecule has 0 radical (unpaired) electrons. The first-order chi connectivity index (χ1) is 23.8. The van der Waals surface area contributed by atoms with Gasteiger partial charge in [0.05, 0.1) is 0 Å². The van der Waals surface area contributed by atoms with Gasteiger partial charge < -0.3 is 0 Å². The molecule has 0 heterocycles. The fraction of sp³-hybridized carbons (Fsp3) is 0.864. The van der Waals surface area contributed by atoms with Crippen molar-refractivity contribution >= 4 is 28.9 Å². The summed E-state index contributed by atoms with van der Waals surface area (Å²) in [6.07, 6.45) is 43.7. The Morgan fingerprint density at radius 3 is 0.939 bits per heavy atom. The SMILES string of the molecule is CCCCCCCCCCCCCCCCC[CH2][Sn]([CH3])([CH2]CCCCCCCCCCCCCCCCC)[O]S(=O)(=O)c1ccc(C)cc1. The summed E-state index contributed by atoms with van der Waals surface area (Å²) in [7, 11) is -3.69. The van der Waals surface area contributed by atoms with Gasteiger partial charge in [0, 0.05) is 0 Å². The molecule has 5 heteroatoms. The summed E-state index contributed by atoms with van der Waals surface area (Å²) in [5, 5.41) is 0. The maximum atomic E-state index is 13.3. The van der Waals surface area contributed by atoms with Crippen molar-refractivity contribution in [3.05, 3.63) is 29.8 Å². The van der Waals surface area contributed by atoms with E-state index in [0.29, 0.717) is 4.90 Å². The molecule has 49 heavy (non-hydrogen) atoms. The quantitative estimate of drug-likeness (QED) is 0.0497. The molecular formula is C44H84O3SSn. The van der Waals surface area contributed by atoms with Crippen LogP contribution in [0, 0.1) is 6.92 Å². The van der Waals surface area contributed by atoms with Crippen molar-refractivity contribution in [2.75, 3.05) is 0 Å². The van der Waals surface area contributed by atoms with E-state index in [-0.39, 0.29) is 0 Å². The molecule has 0 N–H and O–H groups in total. The summed E-state index contributed by atoms with van der Waals surface area (Å²) < 4.78 is 35.0. The predicted octanol–water partition coefficient (Wildman–Crippen LogP) is 15.8. The Kier molecular flexibility index (Phi) is 31.2. The zero-order chi connectivity index (χ0) is 35.7. The van der Waals surface area contributed by atoms with E-state index >= 15 is 0 Å². The van der Waals surface area contributed by atoms with Crippen molar-refractivity contribution in [2.45, 2.75) is 245 Å². The second kappa shape index (κ2) is 32.6. The van der Waals surface area contributed by atoms with Crippen LogP contribution in [0.15, 0.2) is 29.2 Å². The van der Waals surface area contributed by atoms with Crippen molar-refractivity contribution in [3.8, 4) is 0 Å². The molecule has 0 bridgehead atoms. The maximum absolute atomic E-state index is 13.3. The average molecular weight is 812 g/mol. The average Bonchev–Trinajstić information content (AvgIpc) is 3.08. The minimum atomic E-state index is -3.69. The fourth-order valence-corrected chi connectivity index (χ4v) is 21.8. The van der Waals surface area contributed by atoms with E-state index in [1.807, 2.05) is 19.1 Å².